The van der Waals surface area contributed by atoms with Crippen molar-refractivity contribution in [3.8, 4) is 0 Å². The number of rotatable bonds is 6. The van der Waals surface area contributed by atoms with E-state index >= 15 is 0 Å². The van der Waals surface area contributed by atoms with Crippen molar-refractivity contribution in [1.82, 2.24) is 0 Å². The van der Waals surface area contributed by atoms with Crippen molar-refractivity contribution in [1.29, 1.82) is 0 Å². The molecule has 0 atom stereocenters. The maximum Gasteiger partial charge on any atom is 0.195 e. The number of allylic oxidation sites excluding steroid dienone is 1. The molecule has 4 heteroatoms. The average Bonchev–Trinajstić information content (AvgIpc) is 3.21. The SMILES string of the molecule is O=C(C=Cc1ccc(N(c2ccccc2)c2ccccc2)cc1)c1ccc(Cl)s1. The van der Waals surface area contributed by atoms with Gasteiger partial charge >= 0.3 is 0 Å². The molecule has 0 aliphatic rings. The number of carbonyl (C=O) groups is 1. The second-order valence-corrected chi connectivity index (χ2v) is 8.11. The largest absolute Gasteiger partial charge is 0.311 e. The molecule has 0 radical (unpaired) electrons. The molecule has 0 bridgehead atoms. The van der Waals surface area contributed by atoms with Gasteiger partial charge in [0.25, 0.3) is 0 Å². The Bertz CT molecular complexity index is 1080. The molecule has 29 heavy (non-hydrogen) atoms. The molecule has 1 aromatic heterocycles. The van der Waals surface area contributed by atoms with Gasteiger partial charge in [0.1, 0.15) is 0 Å². The van der Waals surface area contributed by atoms with Crippen molar-refractivity contribution in [3.63, 3.8) is 0 Å². The van der Waals surface area contributed by atoms with Crippen molar-refractivity contribution in [2.45, 2.75) is 0 Å². The third-order valence-corrected chi connectivity index (χ3v) is 5.67. The van der Waals surface area contributed by atoms with Gasteiger partial charge in [-0.05, 0) is 60.2 Å². The Hall–Kier alpha value is -3.14. The highest BCUT2D eigenvalue weighted by molar-refractivity contribution is 7.18. The number of nitrogens with zero attached hydrogens (tertiary/aromatic N) is 1. The standard InChI is InChI=1S/C25H18ClNOS/c26-25-18-17-24(29-25)23(28)16-13-19-11-14-22(15-12-19)27(20-7-3-1-4-8-20)21-9-5-2-6-10-21/h1-18H. The predicted molar refractivity (Wildman–Crippen MR) is 124 cm³/mol. The van der Waals surface area contributed by atoms with Crippen molar-refractivity contribution in [2.75, 3.05) is 4.90 Å². The zero-order valence-electron chi connectivity index (χ0n) is 15.5. The molecule has 4 aromatic rings. The first-order valence-corrected chi connectivity index (χ1v) is 10.4. The number of halogens is 1. The second kappa shape index (κ2) is 8.91. The maximum absolute atomic E-state index is 12.2. The van der Waals surface area contributed by atoms with E-state index in [1.807, 2.05) is 54.6 Å². The third-order valence-electron chi connectivity index (χ3n) is 4.42. The van der Waals surface area contributed by atoms with Crippen LogP contribution in [-0.4, -0.2) is 5.78 Å². The van der Waals surface area contributed by atoms with Crippen LogP contribution in [0.2, 0.25) is 4.34 Å². The Kier molecular flexibility index (Phi) is 5.89. The molecule has 0 fully saturated rings. The lowest BCUT2D eigenvalue weighted by molar-refractivity contribution is 0.105. The lowest BCUT2D eigenvalue weighted by Crippen LogP contribution is -2.09. The van der Waals surface area contributed by atoms with Crippen LogP contribution < -0.4 is 4.90 Å². The Labute approximate surface area is 179 Å². The van der Waals surface area contributed by atoms with Crippen LogP contribution in [0.5, 0.6) is 0 Å². The fourth-order valence-corrected chi connectivity index (χ4v) is 4.00. The molecule has 0 saturated heterocycles. The van der Waals surface area contributed by atoms with Crippen LogP contribution in [0, 0.1) is 0 Å². The number of anilines is 3. The number of ketones is 1. The van der Waals surface area contributed by atoms with Gasteiger partial charge in [-0.2, -0.15) is 0 Å². The summed E-state index contributed by atoms with van der Waals surface area (Å²) in [5, 5.41) is 0. The summed E-state index contributed by atoms with van der Waals surface area (Å²) in [6, 6.07) is 32.2. The van der Waals surface area contributed by atoms with Gasteiger partial charge in [0.15, 0.2) is 5.78 Å². The van der Waals surface area contributed by atoms with Crippen LogP contribution in [0.4, 0.5) is 17.1 Å². The number of hydrogen-bond acceptors (Lipinski definition) is 3. The molecule has 0 N–H and O–H groups in total. The second-order valence-electron chi connectivity index (χ2n) is 6.40. The van der Waals surface area contributed by atoms with E-state index in [0.29, 0.717) is 9.21 Å². The Balaban J connectivity index is 1.59. The number of para-hydroxylation sites is 2. The molecule has 142 valence electrons. The molecule has 0 spiro atoms. The molecule has 0 aliphatic carbocycles. The molecule has 3 aromatic carbocycles. The summed E-state index contributed by atoms with van der Waals surface area (Å²) in [6.45, 7) is 0. The van der Waals surface area contributed by atoms with Crippen LogP contribution in [-0.2, 0) is 0 Å². The quantitative estimate of drug-likeness (QED) is 0.237. The summed E-state index contributed by atoms with van der Waals surface area (Å²) in [5.74, 6) is -0.0406. The van der Waals surface area contributed by atoms with E-state index in [1.54, 1.807) is 18.2 Å². The minimum absolute atomic E-state index is 0.0406. The topological polar surface area (TPSA) is 20.3 Å². The van der Waals surface area contributed by atoms with Gasteiger partial charge in [-0.1, -0.05) is 66.2 Å². The number of carbonyl (C=O) groups excluding carboxylic acids is 1. The van der Waals surface area contributed by atoms with E-state index in [0.717, 1.165) is 22.6 Å². The molecule has 0 aliphatic heterocycles. The number of thiophene rings is 1. The van der Waals surface area contributed by atoms with Gasteiger partial charge in [-0.25, -0.2) is 0 Å². The van der Waals surface area contributed by atoms with Crippen molar-refractivity contribution in [3.05, 3.63) is 118 Å². The fourth-order valence-electron chi connectivity index (χ4n) is 3.04. The Morgan fingerprint density at radius 2 is 1.28 bits per heavy atom. The predicted octanol–water partition coefficient (Wildman–Crippen LogP) is 7.77. The average molecular weight is 416 g/mol. The summed E-state index contributed by atoms with van der Waals surface area (Å²) in [4.78, 5) is 15.1. The smallest absolute Gasteiger partial charge is 0.195 e. The van der Waals surface area contributed by atoms with E-state index in [4.69, 9.17) is 11.6 Å². The highest BCUT2D eigenvalue weighted by Crippen LogP contribution is 2.34. The molecule has 0 amide bonds. The van der Waals surface area contributed by atoms with Crippen LogP contribution in [0.3, 0.4) is 0 Å². The first-order valence-electron chi connectivity index (χ1n) is 9.19. The molecular weight excluding hydrogens is 398 g/mol. The molecule has 0 saturated carbocycles. The molecule has 4 rings (SSSR count). The monoisotopic (exact) mass is 415 g/mol. The summed E-state index contributed by atoms with van der Waals surface area (Å²) in [7, 11) is 0. The molecule has 0 unspecified atom stereocenters. The van der Waals surface area contributed by atoms with Gasteiger partial charge in [0, 0.05) is 17.1 Å². The van der Waals surface area contributed by atoms with E-state index in [2.05, 4.69) is 41.3 Å². The van der Waals surface area contributed by atoms with E-state index in [1.165, 1.54) is 11.3 Å². The van der Waals surface area contributed by atoms with Gasteiger partial charge in [0.05, 0.1) is 9.21 Å². The van der Waals surface area contributed by atoms with Gasteiger partial charge in [0.2, 0.25) is 0 Å². The Morgan fingerprint density at radius 3 is 1.79 bits per heavy atom. The fraction of sp³-hybridized carbons (Fsp3) is 0. The lowest BCUT2D eigenvalue weighted by atomic mass is 10.1. The number of hydrogen-bond donors (Lipinski definition) is 0. The van der Waals surface area contributed by atoms with Gasteiger partial charge in [-0.15, -0.1) is 11.3 Å². The summed E-state index contributed by atoms with van der Waals surface area (Å²) >= 11 is 7.20. The normalized spacial score (nSPS) is 10.9. The van der Waals surface area contributed by atoms with Crippen molar-refractivity contribution < 1.29 is 4.79 Å². The summed E-state index contributed by atoms with van der Waals surface area (Å²) in [6.07, 6.45) is 3.42. The zero-order chi connectivity index (χ0) is 20.1. The van der Waals surface area contributed by atoms with Crippen LogP contribution in [0.25, 0.3) is 6.08 Å². The Morgan fingerprint density at radius 1 is 0.724 bits per heavy atom. The van der Waals surface area contributed by atoms with E-state index in [-0.39, 0.29) is 5.78 Å². The molecule has 1 heterocycles. The lowest BCUT2D eigenvalue weighted by Gasteiger charge is -2.25. The minimum Gasteiger partial charge on any atom is -0.311 e. The minimum atomic E-state index is -0.0406. The molecule has 2 nitrogen and oxygen atoms in total. The van der Waals surface area contributed by atoms with Crippen LogP contribution in [0.1, 0.15) is 15.2 Å². The van der Waals surface area contributed by atoms with Crippen LogP contribution >= 0.6 is 22.9 Å². The maximum atomic E-state index is 12.2. The van der Waals surface area contributed by atoms with Gasteiger partial charge < -0.3 is 4.90 Å². The van der Waals surface area contributed by atoms with Crippen LogP contribution in [0.15, 0.2) is 103 Å². The van der Waals surface area contributed by atoms with Crippen molar-refractivity contribution >= 4 is 51.9 Å². The van der Waals surface area contributed by atoms with E-state index < -0.39 is 0 Å². The van der Waals surface area contributed by atoms with E-state index in [9.17, 15) is 4.79 Å². The molecular formula is C25H18ClNOS. The summed E-state index contributed by atoms with van der Waals surface area (Å²) < 4.78 is 0.619. The van der Waals surface area contributed by atoms with Crippen molar-refractivity contribution in [2.24, 2.45) is 0 Å². The highest BCUT2D eigenvalue weighted by Gasteiger charge is 2.11. The zero-order valence-corrected chi connectivity index (χ0v) is 17.1. The third kappa shape index (κ3) is 4.65. The van der Waals surface area contributed by atoms with Gasteiger partial charge in [-0.3, -0.25) is 4.79 Å². The first-order chi connectivity index (χ1) is 14.2. The number of benzene rings is 3. The summed E-state index contributed by atoms with van der Waals surface area (Å²) in [5.41, 5.74) is 4.19. The first kappa shape index (κ1) is 19.2. The highest BCUT2D eigenvalue weighted by atomic mass is 35.5.